The lowest BCUT2D eigenvalue weighted by Gasteiger charge is -2.27. The van der Waals surface area contributed by atoms with Crippen LogP contribution >= 0.6 is 0 Å². The van der Waals surface area contributed by atoms with Crippen molar-refractivity contribution in [3.8, 4) is 0 Å². The molecule has 1 unspecified atom stereocenters. The smallest absolute Gasteiger partial charge is 0.335 e. The fourth-order valence-electron chi connectivity index (χ4n) is 2.54. The highest BCUT2D eigenvalue weighted by molar-refractivity contribution is 7.89. The van der Waals surface area contributed by atoms with E-state index in [1.165, 1.54) is 0 Å². The zero-order chi connectivity index (χ0) is 15.9. The van der Waals surface area contributed by atoms with Crippen LogP contribution in [-0.4, -0.2) is 33.7 Å². The van der Waals surface area contributed by atoms with Crippen molar-refractivity contribution in [3.05, 3.63) is 47.5 Å². The standard InChI is InChI=1S/C17H23NO3S/c1-3-5-13-22(20)18-12-11-15(17(19)21-4-2)16(18)14-9-7-6-8-10-14/h6-11,16H,3-5,12-13H2,1-2H3/t16-,22?/m1/s1. The summed E-state index contributed by atoms with van der Waals surface area (Å²) in [5.41, 5.74) is 1.57. The summed E-state index contributed by atoms with van der Waals surface area (Å²) in [7, 11) is 0. The monoisotopic (exact) mass is 321 g/mol. The Morgan fingerprint density at radius 3 is 2.73 bits per heavy atom. The molecule has 2 atom stereocenters. The van der Waals surface area contributed by atoms with Crippen LogP contribution in [0.2, 0.25) is 0 Å². The number of carbonyl (C=O) groups is 1. The van der Waals surface area contributed by atoms with Crippen molar-refractivity contribution in [2.75, 3.05) is 18.9 Å². The molecule has 1 aromatic rings. The van der Waals surface area contributed by atoms with Gasteiger partial charge in [-0.25, -0.2) is 4.79 Å². The number of esters is 1. The molecule has 1 heterocycles. The molecule has 0 amide bonds. The Morgan fingerprint density at radius 2 is 2.09 bits per heavy atom. The van der Waals surface area contributed by atoms with Crippen molar-refractivity contribution in [1.82, 2.24) is 4.31 Å². The summed E-state index contributed by atoms with van der Waals surface area (Å²) in [4.78, 5) is 12.2. The van der Waals surface area contributed by atoms with Crippen LogP contribution in [0, 0.1) is 0 Å². The van der Waals surface area contributed by atoms with Gasteiger partial charge in [0.05, 0.1) is 18.7 Å². The van der Waals surface area contributed by atoms with Gasteiger partial charge in [0.15, 0.2) is 0 Å². The molecule has 0 bridgehead atoms. The van der Waals surface area contributed by atoms with Crippen molar-refractivity contribution < 1.29 is 14.1 Å². The first-order chi connectivity index (χ1) is 10.7. The van der Waals surface area contributed by atoms with Crippen LogP contribution in [0.4, 0.5) is 0 Å². The molecular weight excluding hydrogens is 298 g/mol. The molecule has 2 rings (SSSR count). The van der Waals surface area contributed by atoms with Gasteiger partial charge >= 0.3 is 5.97 Å². The second-order valence-electron chi connectivity index (χ2n) is 5.17. The third-order valence-electron chi connectivity index (χ3n) is 3.63. The van der Waals surface area contributed by atoms with E-state index in [4.69, 9.17) is 4.74 Å². The van der Waals surface area contributed by atoms with E-state index in [-0.39, 0.29) is 12.0 Å². The van der Waals surface area contributed by atoms with E-state index in [1.54, 1.807) is 6.92 Å². The molecule has 22 heavy (non-hydrogen) atoms. The molecule has 120 valence electrons. The molecule has 0 aliphatic carbocycles. The molecule has 1 aliphatic heterocycles. The Morgan fingerprint density at radius 1 is 1.36 bits per heavy atom. The maximum absolute atomic E-state index is 12.6. The number of hydrogen-bond acceptors (Lipinski definition) is 4. The van der Waals surface area contributed by atoms with Gasteiger partial charge < -0.3 is 9.29 Å². The minimum atomic E-state index is -1.09. The highest BCUT2D eigenvalue weighted by Crippen LogP contribution is 2.36. The van der Waals surface area contributed by atoms with E-state index < -0.39 is 11.4 Å². The van der Waals surface area contributed by atoms with E-state index in [0.29, 0.717) is 24.5 Å². The topological polar surface area (TPSA) is 52.6 Å². The van der Waals surface area contributed by atoms with Crippen molar-refractivity contribution in [2.45, 2.75) is 32.7 Å². The van der Waals surface area contributed by atoms with E-state index in [2.05, 4.69) is 6.92 Å². The Kier molecular flexibility index (Phi) is 6.49. The molecule has 1 aliphatic rings. The SMILES string of the molecule is CCCC[S+]([O-])N1CC=C(C(=O)OCC)[C@H]1c1ccccc1. The fourth-order valence-corrected chi connectivity index (χ4v) is 4.02. The molecule has 0 radical (unpaired) electrons. The third-order valence-corrected chi connectivity index (χ3v) is 5.16. The van der Waals surface area contributed by atoms with Gasteiger partial charge in [-0.2, -0.15) is 0 Å². The second kappa shape index (κ2) is 8.36. The van der Waals surface area contributed by atoms with Crippen molar-refractivity contribution in [3.63, 3.8) is 0 Å². The van der Waals surface area contributed by atoms with Gasteiger partial charge in [-0.15, -0.1) is 4.31 Å². The summed E-state index contributed by atoms with van der Waals surface area (Å²) in [5.74, 6) is 0.315. The van der Waals surface area contributed by atoms with E-state index in [1.807, 2.05) is 40.7 Å². The van der Waals surface area contributed by atoms with Crippen molar-refractivity contribution in [1.29, 1.82) is 0 Å². The summed E-state index contributed by atoms with van der Waals surface area (Å²) in [6, 6.07) is 9.45. The maximum Gasteiger partial charge on any atom is 0.335 e. The van der Waals surface area contributed by atoms with Gasteiger partial charge in [-0.05, 0) is 18.9 Å². The van der Waals surface area contributed by atoms with E-state index in [0.717, 1.165) is 18.4 Å². The average molecular weight is 321 g/mol. The molecule has 0 fully saturated rings. The lowest BCUT2D eigenvalue weighted by atomic mass is 10.0. The average Bonchev–Trinajstić information content (AvgIpc) is 2.98. The number of carbonyl (C=O) groups excluding carboxylic acids is 1. The molecule has 4 nitrogen and oxygen atoms in total. The Bertz CT molecular complexity index is 518. The van der Waals surface area contributed by atoms with Gasteiger partial charge in [-0.1, -0.05) is 49.8 Å². The van der Waals surface area contributed by atoms with Gasteiger partial charge in [0.1, 0.15) is 11.8 Å². The fraction of sp³-hybridized carbons (Fsp3) is 0.471. The number of unbranched alkanes of at least 4 members (excludes halogenated alkanes) is 1. The lowest BCUT2D eigenvalue weighted by molar-refractivity contribution is -0.138. The molecule has 0 saturated heterocycles. The number of nitrogens with zero attached hydrogens (tertiary/aromatic N) is 1. The zero-order valence-electron chi connectivity index (χ0n) is 13.2. The maximum atomic E-state index is 12.6. The van der Waals surface area contributed by atoms with Gasteiger partial charge in [0.2, 0.25) is 0 Å². The van der Waals surface area contributed by atoms with Crippen LogP contribution in [0.15, 0.2) is 42.0 Å². The summed E-state index contributed by atoms with van der Waals surface area (Å²) < 4.78 is 19.6. The van der Waals surface area contributed by atoms with Crippen LogP contribution in [0.5, 0.6) is 0 Å². The van der Waals surface area contributed by atoms with Gasteiger partial charge in [0, 0.05) is 11.4 Å². The van der Waals surface area contributed by atoms with Crippen molar-refractivity contribution in [2.24, 2.45) is 0 Å². The first-order valence-electron chi connectivity index (χ1n) is 7.76. The van der Waals surface area contributed by atoms with E-state index >= 15 is 0 Å². The molecule has 5 heteroatoms. The highest BCUT2D eigenvalue weighted by atomic mass is 32.2. The molecular formula is C17H23NO3S. The third kappa shape index (κ3) is 3.91. The number of ether oxygens (including phenoxy) is 1. The Labute approximate surface area is 135 Å². The van der Waals surface area contributed by atoms with Crippen LogP contribution in [-0.2, 0) is 20.9 Å². The quantitative estimate of drug-likeness (QED) is 0.572. The second-order valence-corrected chi connectivity index (χ2v) is 6.69. The Hall–Kier alpha value is -1.30. The van der Waals surface area contributed by atoms with E-state index in [9.17, 15) is 9.35 Å². The summed E-state index contributed by atoms with van der Waals surface area (Å²) in [6.45, 7) is 4.74. The summed E-state index contributed by atoms with van der Waals surface area (Å²) in [6.07, 6.45) is 3.77. The first-order valence-corrected chi connectivity index (χ1v) is 9.03. The van der Waals surface area contributed by atoms with Crippen LogP contribution in [0.1, 0.15) is 38.3 Å². The molecule has 0 N–H and O–H groups in total. The van der Waals surface area contributed by atoms with Gasteiger partial charge in [0.25, 0.3) is 0 Å². The Balaban J connectivity index is 2.23. The van der Waals surface area contributed by atoms with Crippen LogP contribution in [0.3, 0.4) is 0 Å². The number of rotatable bonds is 7. The molecule has 0 aromatic heterocycles. The van der Waals surface area contributed by atoms with Crippen LogP contribution in [0.25, 0.3) is 0 Å². The molecule has 1 aromatic carbocycles. The number of benzene rings is 1. The van der Waals surface area contributed by atoms with Crippen molar-refractivity contribution >= 4 is 17.3 Å². The summed E-state index contributed by atoms with van der Waals surface area (Å²) >= 11 is -1.09. The van der Waals surface area contributed by atoms with Gasteiger partial charge in [-0.3, -0.25) is 0 Å². The largest absolute Gasteiger partial charge is 0.598 e. The lowest BCUT2D eigenvalue weighted by Crippen LogP contribution is -2.35. The predicted octanol–water partition coefficient (Wildman–Crippen LogP) is 3.00. The first kappa shape index (κ1) is 17.1. The normalized spacial score (nSPS) is 19.8. The van der Waals surface area contributed by atoms with Crippen LogP contribution < -0.4 is 0 Å². The number of hydrogen-bond donors (Lipinski definition) is 0. The predicted molar refractivity (Wildman–Crippen MR) is 88.5 cm³/mol. The molecule has 0 saturated carbocycles. The minimum absolute atomic E-state index is 0.280. The zero-order valence-corrected chi connectivity index (χ0v) is 14.0. The molecule has 0 spiro atoms. The minimum Gasteiger partial charge on any atom is -0.598 e. The highest BCUT2D eigenvalue weighted by Gasteiger charge is 2.39. The summed E-state index contributed by atoms with van der Waals surface area (Å²) in [5, 5.41) is 0.